The molecule has 0 fully saturated rings. The van der Waals surface area contributed by atoms with Gasteiger partial charge in [0.25, 0.3) is 0 Å². The maximum absolute atomic E-state index is 6.56. The second kappa shape index (κ2) is 16.6. The smallest absolute Gasteiger partial charge is 0.164 e. The summed E-state index contributed by atoms with van der Waals surface area (Å²) in [7, 11) is 0. The molecule has 13 aromatic rings. The molecule has 68 heavy (non-hydrogen) atoms. The Bertz CT molecular complexity index is 4010. The predicted molar refractivity (Wildman–Crippen MR) is 283 cm³/mol. The first-order valence-electron chi connectivity index (χ1n) is 22.8. The normalized spacial score (nSPS) is 11.5. The zero-order valence-corrected chi connectivity index (χ0v) is 37.5. The Balaban J connectivity index is 0.926. The molecule has 10 aromatic carbocycles. The summed E-state index contributed by atoms with van der Waals surface area (Å²) >= 11 is 1.86. The number of thiophene rings is 1. The van der Waals surface area contributed by atoms with E-state index in [1.807, 2.05) is 41.7 Å². The first kappa shape index (κ1) is 39.6. The average molecular weight is 886 g/mol. The fourth-order valence-electron chi connectivity index (χ4n) is 9.64. The van der Waals surface area contributed by atoms with Crippen molar-refractivity contribution in [1.82, 2.24) is 15.0 Å². The molecule has 0 saturated heterocycles. The van der Waals surface area contributed by atoms with E-state index in [2.05, 4.69) is 206 Å². The molecule has 13 rings (SSSR count). The molecule has 0 atom stereocenters. The number of hydrogen-bond donors (Lipinski definition) is 0. The van der Waals surface area contributed by atoms with Crippen LogP contribution in [0.4, 0.5) is 0 Å². The Hall–Kier alpha value is -8.77. The number of hydrogen-bond acceptors (Lipinski definition) is 5. The molecule has 0 aliphatic heterocycles. The topological polar surface area (TPSA) is 51.8 Å². The van der Waals surface area contributed by atoms with Gasteiger partial charge in [0.2, 0.25) is 0 Å². The Labute approximate surface area is 397 Å². The average Bonchev–Trinajstić information content (AvgIpc) is 4.01. The van der Waals surface area contributed by atoms with Gasteiger partial charge in [0, 0.05) is 47.6 Å². The number of nitrogens with zero attached hydrogens (tertiary/aromatic N) is 3. The van der Waals surface area contributed by atoms with Crippen molar-refractivity contribution >= 4 is 53.4 Å². The third-order valence-electron chi connectivity index (χ3n) is 13.0. The van der Waals surface area contributed by atoms with Crippen molar-refractivity contribution < 1.29 is 4.42 Å². The number of furan rings is 1. The van der Waals surface area contributed by atoms with Crippen molar-refractivity contribution in [2.75, 3.05) is 0 Å². The molecule has 4 nitrogen and oxygen atoms in total. The fraction of sp³-hybridized carbons (Fsp3) is 0. The third-order valence-corrected chi connectivity index (χ3v) is 14.2. The van der Waals surface area contributed by atoms with Gasteiger partial charge >= 0.3 is 0 Å². The van der Waals surface area contributed by atoms with Crippen LogP contribution in [0, 0.1) is 0 Å². The van der Waals surface area contributed by atoms with Crippen LogP contribution in [0.15, 0.2) is 241 Å². The van der Waals surface area contributed by atoms with Crippen molar-refractivity contribution in [3.63, 3.8) is 0 Å². The largest absolute Gasteiger partial charge is 0.456 e. The molecule has 0 unspecified atom stereocenters. The first-order chi connectivity index (χ1) is 33.7. The van der Waals surface area contributed by atoms with Crippen molar-refractivity contribution in [3.8, 4) is 89.8 Å². The minimum Gasteiger partial charge on any atom is -0.456 e. The van der Waals surface area contributed by atoms with E-state index in [4.69, 9.17) is 19.4 Å². The summed E-state index contributed by atoms with van der Waals surface area (Å²) in [5.41, 5.74) is 15.7. The molecule has 0 N–H and O–H groups in total. The summed E-state index contributed by atoms with van der Waals surface area (Å²) in [5, 5.41) is 4.61. The minimum atomic E-state index is 0.575. The summed E-state index contributed by atoms with van der Waals surface area (Å²) in [5.74, 6) is 1.76. The van der Waals surface area contributed by atoms with Crippen molar-refractivity contribution in [1.29, 1.82) is 0 Å². The van der Waals surface area contributed by atoms with Gasteiger partial charge in [-0.3, -0.25) is 0 Å². The van der Waals surface area contributed by atoms with Crippen LogP contribution in [0.5, 0.6) is 0 Å². The summed E-state index contributed by atoms with van der Waals surface area (Å²) in [6.45, 7) is 0. The molecule has 0 bridgehead atoms. The second-order valence-corrected chi connectivity index (χ2v) is 18.1. The predicted octanol–water partition coefficient (Wildman–Crippen LogP) is 17.5. The first-order valence-corrected chi connectivity index (χ1v) is 23.6. The van der Waals surface area contributed by atoms with Crippen molar-refractivity contribution in [3.05, 3.63) is 237 Å². The highest BCUT2D eigenvalue weighted by atomic mass is 32.1. The van der Waals surface area contributed by atoms with E-state index in [0.717, 1.165) is 72.0 Å². The molecule has 5 heteroatoms. The van der Waals surface area contributed by atoms with E-state index in [1.54, 1.807) is 0 Å². The van der Waals surface area contributed by atoms with Crippen LogP contribution in [-0.4, -0.2) is 15.0 Å². The lowest BCUT2D eigenvalue weighted by atomic mass is 9.97. The molecule has 3 heterocycles. The van der Waals surface area contributed by atoms with E-state index in [0.29, 0.717) is 17.5 Å². The highest BCUT2D eigenvalue weighted by molar-refractivity contribution is 7.26. The Morgan fingerprint density at radius 3 is 1.40 bits per heavy atom. The van der Waals surface area contributed by atoms with Gasteiger partial charge in [0.05, 0.1) is 0 Å². The van der Waals surface area contributed by atoms with Crippen molar-refractivity contribution in [2.45, 2.75) is 0 Å². The molecule has 0 aliphatic carbocycles. The van der Waals surface area contributed by atoms with Gasteiger partial charge < -0.3 is 4.42 Å². The Morgan fingerprint density at radius 1 is 0.279 bits per heavy atom. The summed E-state index contributed by atoms with van der Waals surface area (Å²) in [6, 6.07) is 83.3. The van der Waals surface area contributed by atoms with Crippen LogP contribution in [0.1, 0.15) is 0 Å². The molecular formula is C63H39N3OS. The summed E-state index contributed by atoms with van der Waals surface area (Å²) in [6.07, 6.45) is 0. The Morgan fingerprint density at radius 2 is 0.706 bits per heavy atom. The van der Waals surface area contributed by atoms with E-state index in [1.165, 1.54) is 42.4 Å². The van der Waals surface area contributed by atoms with E-state index in [9.17, 15) is 0 Å². The lowest BCUT2D eigenvalue weighted by Gasteiger charge is -2.12. The molecule has 3 aromatic heterocycles. The number of rotatable bonds is 8. The number of fused-ring (bicyclic) bond motifs is 6. The fourth-order valence-corrected chi connectivity index (χ4v) is 10.9. The van der Waals surface area contributed by atoms with E-state index >= 15 is 0 Å². The van der Waals surface area contributed by atoms with Crippen LogP contribution < -0.4 is 0 Å². The van der Waals surface area contributed by atoms with Crippen LogP contribution in [0.2, 0.25) is 0 Å². The zero-order valence-electron chi connectivity index (χ0n) is 36.7. The molecule has 0 saturated carbocycles. The molecule has 318 valence electrons. The number of aromatic nitrogens is 3. The van der Waals surface area contributed by atoms with Crippen LogP contribution in [-0.2, 0) is 0 Å². The van der Waals surface area contributed by atoms with Crippen LogP contribution >= 0.6 is 11.3 Å². The maximum atomic E-state index is 6.56. The molecule has 0 aliphatic rings. The maximum Gasteiger partial charge on any atom is 0.164 e. The SMILES string of the molecule is c1ccc(-c2cccc(-c3ccc(-c4nc(-c5cccc(-c6ccc(-c7cccc8c7sc7ccccc78)cc6)c5)nc(-c5cccc6oc7cccc(-c8ccccc8)c7c56)n4)cc3)c2)cc1. The van der Waals surface area contributed by atoms with Gasteiger partial charge in [-0.2, -0.15) is 0 Å². The minimum absolute atomic E-state index is 0.575. The second-order valence-electron chi connectivity index (χ2n) is 17.1. The van der Waals surface area contributed by atoms with Gasteiger partial charge in [-0.05, 0) is 86.0 Å². The van der Waals surface area contributed by atoms with Gasteiger partial charge in [0.15, 0.2) is 17.5 Å². The number of benzene rings is 10. The lowest BCUT2D eigenvalue weighted by molar-refractivity contribution is 0.669. The molecule has 0 radical (unpaired) electrons. The highest BCUT2D eigenvalue weighted by Crippen LogP contribution is 2.43. The standard InChI is InChI=1S/C63H39N3OS/c1-3-14-40(15-4-1)46-18-9-19-47(38-46)42-32-36-45(37-33-42)61-64-62(66-63(65-61)54-26-13-28-56-59(54)58-50(23-12-27-55(58)67-56)43-16-5-2-6-17-43)49-21-10-20-48(39-49)41-30-34-44(35-31-41)51-24-11-25-53-52-22-7-8-29-57(52)68-60(51)53/h1-39H. The highest BCUT2D eigenvalue weighted by Gasteiger charge is 2.21. The van der Waals surface area contributed by atoms with Gasteiger partial charge in [-0.1, -0.05) is 206 Å². The molecular weight excluding hydrogens is 847 g/mol. The van der Waals surface area contributed by atoms with E-state index < -0.39 is 0 Å². The lowest BCUT2D eigenvalue weighted by Crippen LogP contribution is -2.00. The third kappa shape index (κ3) is 7.05. The van der Waals surface area contributed by atoms with E-state index in [-0.39, 0.29) is 0 Å². The van der Waals surface area contributed by atoms with Gasteiger partial charge in [-0.25, -0.2) is 15.0 Å². The monoisotopic (exact) mass is 885 g/mol. The van der Waals surface area contributed by atoms with Crippen molar-refractivity contribution in [2.24, 2.45) is 0 Å². The van der Waals surface area contributed by atoms with Crippen LogP contribution in [0.25, 0.3) is 132 Å². The van der Waals surface area contributed by atoms with Crippen LogP contribution in [0.3, 0.4) is 0 Å². The molecule has 0 amide bonds. The summed E-state index contributed by atoms with van der Waals surface area (Å²) < 4.78 is 9.18. The quantitative estimate of drug-likeness (QED) is 0.153. The van der Waals surface area contributed by atoms with Gasteiger partial charge in [0.1, 0.15) is 11.2 Å². The molecule has 0 spiro atoms. The van der Waals surface area contributed by atoms with Gasteiger partial charge in [-0.15, -0.1) is 11.3 Å². The summed E-state index contributed by atoms with van der Waals surface area (Å²) in [4.78, 5) is 15.8. The zero-order chi connectivity index (χ0) is 45.0. The Kier molecular flexibility index (Phi) is 9.66.